The Labute approximate surface area is 144 Å². The molecule has 2 bridgehead atoms. The summed E-state index contributed by atoms with van der Waals surface area (Å²) in [5.41, 5.74) is 4.72. The van der Waals surface area contributed by atoms with Crippen LogP contribution in [0.3, 0.4) is 0 Å². The first kappa shape index (κ1) is 15.4. The van der Waals surface area contributed by atoms with Crippen molar-refractivity contribution in [2.75, 3.05) is 5.32 Å². The van der Waals surface area contributed by atoms with E-state index in [2.05, 4.69) is 67.7 Å². The van der Waals surface area contributed by atoms with Gasteiger partial charge in [0.05, 0.1) is 0 Å². The molecule has 2 saturated carbocycles. The van der Waals surface area contributed by atoms with E-state index in [-0.39, 0.29) is 11.8 Å². The Morgan fingerprint density at radius 1 is 1.00 bits per heavy atom. The van der Waals surface area contributed by atoms with E-state index in [1.54, 1.807) is 0 Å². The molecular weight excluding hydrogens is 294 g/mol. The van der Waals surface area contributed by atoms with Crippen LogP contribution in [0, 0.1) is 31.6 Å². The summed E-state index contributed by atoms with van der Waals surface area (Å²) in [6.07, 6.45) is 3.63. The van der Waals surface area contributed by atoms with Crippen molar-refractivity contribution >= 4 is 11.6 Å². The lowest BCUT2D eigenvalue weighted by atomic mass is 9.48. The lowest BCUT2D eigenvalue weighted by Crippen LogP contribution is -2.53. The summed E-state index contributed by atoms with van der Waals surface area (Å²) in [4.78, 5) is 12.9. The van der Waals surface area contributed by atoms with Gasteiger partial charge < -0.3 is 5.32 Å². The summed E-state index contributed by atoms with van der Waals surface area (Å²) in [7, 11) is 0. The molecule has 0 spiro atoms. The molecule has 2 aliphatic rings. The monoisotopic (exact) mass is 319 g/mol. The average molecular weight is 319 g/mol. The number of hydrogen-bond donors (Lipinski definition) is 1. The fraction of sp³-hybridized carbons (Fsp3) is 0.409. The maximum Gasteiger partial charge on any atom is 0.228 e. The predicted octanol–water partition coefficient (Wildman–Crippen LogP) is 5.07. The minimum Gasteiger partial charge on any atom is -0.326 e. The molecule has 0 saturated heterocycles. The Kier molecular flexibility index (Phi) is 3.91. The number of nitrogens with one attached hydrogen (secondary N) is 1. The third kappa shape index (κ3) is 2.54. The number of fused-ring (bicyclic) bond motifs is 2. The van der Waals surface area contributed by atoms with E-state index in [0.717, 1.165) is 11.3 Å². The van der Waals surface area contributed by atoms with Crippen molar-refractivity contribution < 1.29 is 4.79 Å². The van der Waals surface area contributed by atoms with Gasteiger partial charge in [-0.15, -0.1) is 0 Å². The number of hydrogen-bond acceptors (Lipinski definition) is 1. The van der Waals surface area contributed by atoms with E-state index < -0.39 is 0 Å². The molecule has 2 fully saturated rings. The van der Waals surface area contributed by atoms with Crippen molar-refractivity contribution in [1.29, 1.82) is 0 Å². The second kappa shape index (κ2) is 6.08. The quantitative estimate of drug-likeness (QED) is 0.840. The van der Waals surface area contributed by atoms with Gasteiger partial charge in [-0.2, -0.15) is 0 Å². The molecule has 2 heteroatoms. The van der Waals surface area contributed by atoms with Crippen LogP contribution < -0.4 is 5.32 Å². The molecule has 4 rings (SSSR count). The Morgan fingerprint density at radius 3 is 2.42 bits per heavy atom. The highest BCUT2D eigenvalue weighted by molar-refractivity contribution is 5.94. The highest BCUT2D eigenvalue weighted by atomic mass is 16.2. The summed E-state index contributed by atoms with van der Waals surface area (Å²) in [5, 5.41) is 3.21. The number of benzene rings is 2. The molecule has 4 atom stereocenters. The fourth-order valence-electron chi connectivity index (χ4n) is 4.89. The maximum atomic E-state index is 12.9. The van der Waals surface area contributed by atoms with E-state index in [1.165, 1.54) is 30.4 Å². The molecular formula is C22H25NO. The predicted molar refractivity (Wildman–Crippen MR) is 98.0 cm³/mol. The first-order valence-electron chi connectivity index (χ1n) is 9.08. The highest BCUT2D eigenvalue weighted by Crippen LogP contribution is 2.60. The summed E-state index contributed by atoms with van der Waals surface area (Å²) >= 11 is 0. The van der Waals surface area contributed by atoms with Crippen molar-refractivity contribution in [3.8, 4) is 0 Å². The summed E-state index contributed by atoms with van der Waals surface area (Å²) in [6.45, 7) is 4.13. The van der Waals surface area contributed by atoms with Gasteiger partial charge in [-0.05, 0) is 67.2 Å². The van der Waals surface area contributed by atoms with E-state index >= 15 is 0 Å². The molecule has 124 valence electrons. The zero-order valence-corrected chi connectivity index (χ0v) is 14.5. The largest absolute Gasteiger partial charge is 0.326 e. The van der Waals surface area contributed by atoms with Gasteiger partial charge in [-0.3, -0.25) is 4.79 Å². The molecule has 2 nitrogen and oxygen atoms in total. The summed E-state index contributed by atoms with van der Waals surface area (Å²) in [6, 6.07) is 17.0. The lowest BCUT2D eigenvalue weighted by molar-refractivity contribution is -0.135. The number of rotatable bonds is 3. The van der Waals surface area contributed by atoms with Crippen LogP contribution in [0.2, 0.25) is 0 Å². The molecule has 0 aliphatic heterocycles. The van der Waals surface area contributed by atoms with Crippen molar-refractivity contribution in [1.82, 2.24) is 0 Å². The molecule has 1 amide bonds. The third-order valence-corrected chi connectivity index (χ3v) is 6.06. The van der Waals surface area contributed by atoms with Gasteiger partial charge in [-0.25, -0.2) is 0 Å². The van der Waals surface area contributed by atoms with Crippen molar-refractivity contribution in [2.45, 2.75) is 39.0 Å². The van der Waals surface area contributed by atoms with E-state index in [0.29, 0.717) is 17.8 Å². The van der Waals surface area contributed by atoms with Crippen LogP contribution in [0.1, 0.15) is 41.9 Å². The number of carbonyl (C=O) groups excluding carboxylic acids is 1. The number of amides is 1. The van der Waals surface area contributed by atoms with Crippen molar-refractivity contribution in [3.63, 3.8) is 0 Å². The molecule has 2 unspecified atom stereocenters. The number of aryl methyl sites for hydroxylation is 2. The van der Waals surface area contributed by atoms with E-state index in [1.807, 2.05) is 0 Å². The molecule has 2 aliphatic carbocycles. The lowest BCUT2D eigenvalue weighted by Gasteiger charge is -2.55. The van der Waals surface area contributed by atoms with Gasteiger partial charge in [0.15, 0.2) is 0 Å². The van der Waals surface area contributed by atoms with E-state index in [9.17, 15) is 4.79 Å². The summed E-state index contributed by atoms with van der Waals surface area (Å²) in [5.74, 6) is 2.01. The van der Waals surface area contributed by atoms with Crippen LogP contribution >= 0.6 is 0 Å². The van der Waals surface area contributed by atoms with Crippen LogP contribution in [0.4, 0.5) is 5.69 Å². The van der Waals surface area contributed by atoms with Gasteiger partial charge in [0, 0.05) is 11.6 Å². The van der Waals surface area contributed by atoms with Crippen LogP contribution in [-0.4, -0.2) is 5.91 Å². The molecule has 1 N–H and O–H groups in total. The Morgan fingerprint density at radius 2 is 1.71 bits per heavy atom. The van der Waals surface area contributed by atoms with E-state index in [4.69, 9.17) is 0 Å². The molecule has 0 heterocycles. The molecule has 2 aromatic rings. The second-order valence-electron chi connectivity index (χ2n) is 7.53. The third-order valence-electron chi connectivity index (χ3n) is 6.06. The topological polar surface area (TPSA) is 29.1 Å². The zero-order valence-electron chi connectivity index (χ0n) is 14.5. The van der Waals surface area contributed by atoms with Crippen LogP contribution in [0.15, 0.2) is 48.5 Å². The SMILES string of the molecule is Cc1ccc(C)c(NC(=O)C2[C@H]3CCC[C@@H]2C3c2ccccc2)c1. The van der Waals surface area contributed by atoms with Gasteiger partial charge in [0.2, 0.25) is 5.91 Å². The minimum atomic E-state index is 0.184. The highest BCUT2D eigenvalue weighted by Gasteiger charge is 2.55. The smallest absolute Gasteiger partial charge is 0.228 e. The Hall–Kier alpha value is -2.09. The van der Waals surface area contributed by atoms with Gasteiger partial charge >= 0.3 is 0 Å². The summed E-state index contributed by atoms with van der Waals surface area (Å²) < 4.78 is 0. The number of anilines is 1. The molecule has 0 radical (unpaired) electrons. The van der Waals surface area contributed by atoms with Crippen LogP contribution in [0.5, 0.6) is 0 Å². The Balaban J connectivity index is 1.53. The second-order valence-corrected chi connectivity index (χ2v) is 7.53. The van der Waals surface area contributed by atoms with Crippen molar-refractivity contribution in [3.05, 3.63) is 65.2 Å². The first-order valence-corrected chi connectivity index (χ1v) is 9.08. The molecule has 24 heavy (non-hydrogen) atoms. The Bertz CT molecular complexity index is 740. The first-order chi connectivity index (χ1) is 11.6. The van der Waals surface area contributed by atoms with Crippen LogP contribution in [-0.2, 0) is 4.79 Å². The van der Waals surface area contributed by atoms with Crippen LogP contribution in [0.25, 0.3) is 0 Å². The number of carbonyl (C=O) groups is 1. The normalized spacial score (nSPS) is 28.1. The molecule has 0 aromatic heterocycles. The fourth-order valence-corrected chi connectivity index (χ4v) is 4.89. The van der Waals surface area contributed by atoms with Gasteiger partial charge in [0.1, 0.15) is 0 Å². The van der Waals surface area contributed by atoms with Crippen molar-refractivity contribution in [2.24, 2.45) is 17.8 Å². The zero-order chi connectivity index (χ0) is 16.7. The average Bonchev–Trinajstić information content (AvgIpc) is 2.59. The minimum absolute atomic E-state index is 0.184. The van der Waals surface area contributed by atoms with Gasteiger partial charge in [-0.1, -0.05) is 48.9 Å². The molecule has 2 aromatic carbocycles. The van der Waals surface area contributed by atoms with Gasteiger partial charge in [0.25, 0.3) is 0 Å². The standard InChI is InChI=1S/C22H25NO/c1-14-11-12-15(2)19(13-14)23-22(24)21-17-9-6-10-18(21)20(17)16-7-4-3-5-8-16/h3-5,7-8,11-13,17-18,20-21H,6,9-10H2,1-2H3,(H,23,24)/t17-,18+,20?,21?. The maximum absolute atomic E-state index is 12.9.